The molecule has 0 N–H and O–H groups in total. The summed E-state index contributed by atoms with van der Waals surface area (Å²) in [6.45, 7) is 10.2. The molecule has 3 saturated carbocycles. The van der Waals surface area contributed by atoms with Crippen LogP contribution < -0.4 is 0 Å². The molecular formula is C31H42O4S. The summed E-state index contributed by atoms with van der Waals surface area (Å²) in [5, 5.41) is 0.337. The molecule has 0 bridgehead atoms. The molecule has 0 saturated heterocycles. The summed E-state index contributed by atoms with van der Waals surface area (Å²) in [5.74, 6) is 1.81. The fourth-order valence-corrected chi connectivity index (χ4v) is 10.2. The molecule has 36 heavy (non-hydrogen) atoms. The van der Waals surface area contributed by atoms with Gasteiger partial charge in [0.05, 0.1) is 0 Å². The maximum atomic E-state index is 11.9. The van der Waals surface area contributed by atoms with E-state index in [0.29, 0.717) is 28.9 Å². The fourth-order valence-electron chi connectivity index (χ4n) is 8.76. The Morgan fingerprint density at radius 1 is 1.00 bits per heavy atom. The number of ether oxygens (including phenoxy) is 2. The van der Waals surface area contributed by atoms with Crippen LogP contribution in [0.1, 0.15) is 79.6 Å². The number of hydrogen-bond donors (Lipinski definition) is 0. The van der Waals surface area contributed by atoms with Crippen LogP contribution in [0.4, 0.5) is 0 Å². The normalized spacial score (nSPS) is 40.2. The fraction of sp³-hybridized carbons (Fsp3) is 0.677. The molecule has 1 aromatic carbocycles. The van der Waals surface area contributed by atoms with Crippen molar-refractivity contribution in [2.24, 2.45) is 34.5 Å². The van der Waals surface area contributed by atoms with Crippen LogP contribution in [-0.2, 0) is 19.1 Å². The van der Waals surface area contributed by atoms with Crippen molar-refractivity contribution in [2.75, 3.05) is 0 Å². The second kappa shape index (κ2) is 9.85. The molecule has 1 aromatic rings. The van der Waals surface area contributed by atoms with E-state index in [1.165, 1.54) is 38.0 Å². The van der Waals surface area contributed by atoms with E-state index in [9.17, 15) is 9.59 Å². The van der Waals surface area contributed by atoms with Gasteiger partial charge >= 0.3 is 11.9 Å². The summed E-state index contributed by atoms with van der Waals surface area (Å²) in [6, 6.07) is 10.8. The number of benzene rings is 1. The van der Waals surface area contributed by atoms with Crippen molar-refractivity contribution in [2.45, 2.75) is 102 Å². The molecule has 4 aliphatic carbocycles. The van der Waals surface area contributed by atoms with Crippen LogP contribution >= 0.6 is 11.8 Å². The van der Waals surface area contributed by atoms with Crippen molar-refractivity contribution in [3.63, 3.8) is 0 Å². The highest BCUT2D eigenvalue weighted by Gasteiger charge is 2.61. The highest BCUT2D eigenvalue weighted by molar-refractivity contribution is 8.00. The van der Waals surface area contributed by atoms with Crippen LogP contribution in [0, 0.1) is 34.5 Å². The second-order valence-corrected chi connectivity index (χ2v) is 13.5. The lowest BCUT2D eigenvalue weighted by molar-refractivity contribution is -0.152. The highest BCUT2D eigenvalue weighted by Crippen LogP contribution is 2.68. The van der Waals surface area contributed by atoms with Gasteiger partial charge in [-0.25, -0.2) is 0 Å². The molecule has 0 aromatic heterocycles. The smallest absolute Gasteiger partial charge is 0.302 e. The van der Waals surface area contributed by atoms with Gasteiger partial charge in [-0.05, 0) is 92.6 Å². The first-order chi connectivity index (χ1) is 17.1. The van der Waals surface area contributed by atoms with Crippen molar-refractivity contribution in [1.29, 1.82) is 0 Å². The Morgan fingerprint density at radius 2 is 1.75 bits per heavy atom. The Balaban J connectivity index is 1.52. The van der Waals surface area contributed by atoms with E-state index in [2.05, 4.69) is 57.2 Å². The highest BCUT2D eigenvalue weighted by atomic mass is 32.2. The third-order valence-electron chi connectivity index (χ3n) is 10.4. The zero-order valence-electron chi connectivity index (χ0n) is 22.5. The number of rotatable bonds is 5. The van der Waals surface area contributed by atoms with Gasteiger partial charge in [0.1, 0.15) is 12.2 Å². The average molecular weight is 511 g/mol. The number of carbonyl (C=O) groups excluding carboxylic acids is 2. The van der Waals surface area contributed by atoms with E-state index in [0.717, 1.165) is 25.7 Å². The molecule has 4 nitrogen and oxygen atoms in total. The molecule has 0 heterocycles. The summed E-state index contributed by atoms with van der Waals surface area (Å²) in [4.78, 5) is 24.8. The van der Waals surface area contributed by atoms with Crippen LogP contribution in [0.3, 0.4) is 0 Å². The molecule has 5 rings (SSSR count). The number of carbonyl (C=O) groups is 2. The van der Waals surface area contributed by atoms with Crippen LogP contribution in [0.2, 0.25) is 0 Å². The van der Waals surface area contributed by atoms with Crippen molar-refractivity contribution < 1.29 is 19.1 Å². The number of thioether (sulfide) groups is 1. The molecule has 4 aliphatic rings. The molecular weight excluding hydrogens is 468 g/mol. The second-order valence-electron chi connectivity index (χ2n) is 12.2. The molecule has 5 heteroatoms. The van der Waals surface area contributed by atoms with E-state index in [-0.39, 0.29) is 35.0 Å². The molecule has 3 fully saturated rings. The lowest BCUT2D eigenvalue weighted by Gasteiger charge is -2.58. The van der Waals surface area contributed by atoms with Gasteiger partial charge in [-0.1, -0.05) is 43.7 Å². The van der Waals surface area contributed by atoms with Gasteiger partial charge in [0.2, 0.25) is 0 Å². The minimum absolute atomic E-state index is 0.0708. The van der Waals surface area contributed by atoms with Crippen molar-refractivity contribution in [1.82, 2.24) is 0 Å². The maximum Gasteiger partial charge on any atom is 0.302 e. The van der Waals surface area contributed by atoms with Crippen LogP contribution in [0.15, 0.2) is 46.9 Å². The number of allylic oxidation sites excluding steroid dienone is 1. The lowest BCUT2D eigenvalue weighted by Crippen LogP contribution is -2.53. The van der Waals surface area contributed by atoms with Gasteiger partial charge < -0.3 is 9.47 Å². The molecule has 0 aliphatic heterocycles. The molecule has 196 valence electrons. The largest absolute Gasteiger partial charge is 0.463 e. The third kappa shape index (κ3) is 4.44. The summed E-state index contributed by atoms with van der Waals surface area (Å²) >= 11 is 2.00. The molecule has 0 spiro atoms. The topological polar surface area (TPSA) is 52.6 Å². The van der Waals surface area contributed by atoms with Gasteiger partial charge in [-0.15, -0.1) is 11.8 Å². The van der Waals surface area contributed by atoms with E-state index >= 15 is 0 Å². The van der Waals surface area contributed by atoms with Crippen LogP contribution in [-0.4, -0.2) is 29.4 Å². The lowest BCUT2D eigenvalue weighted by atomic mass is 9.48. The monoisotopic (exact) mass is 510 g/mol. The Labute approximate surface area is 221 Å². The Bertz CT molecular complexity index is 1020. The average Bonchev–Trinajstić information content (AvgIpc) is 3.18. The predicted octanol–water partition coefficient (Wildman–Crippen LogP) is 7.22. The number of fused-ring (bicyclic) bond motifs is 5. The Kier molecular flexibility index (Phi) is 7.08. The van der Waals surface area contributed by atoms with E-state index in [1.54, 1.807) is 5.57 Å². The van der Waals surface area contributed by atoms with Crippen molar-refractivity contribution in [3.8, 4) is 0 Å². The predicted molar refractivity (Wildman–Crippen MR) is 143 cm³/mol. The first kappa shape index (κ1) is 25.9. The van der Waals surface area contributed by atoms with Gasteiger partial charge in [0, 0.05) is 29.9 Å². The van der Waals surface area contributed by atoms with Gasteiger partial charge in [0.15, 0.2) is 0 Å². The molecule has 1 unspecified atom stereocenters. The minimum Gasteiger partial charge on any atom is -0.463 e. The summed E-state index contributed by atoms with van der Waals surface area (Å²) in [7, 11) is 0. The van der Waals surface area contributed by atoms with Crippen molar-refractivity contribution >= 4 is 23.7 Å². The van der Waals surface area contributed by atoms with Crippen molar-refractivity contribution in [3.05, 3.63) is 42.0 Å². The van der Waals surface area contributed by atoms with E-state index in [1.807, 2.05) is 11.8 Å². The zero-order chi connectivity index (χ0) is 25.7. The van der Waals surface area contributed by atoms with Crippen LogP contribution in [0.25, 0.3) is 0 Å². The Hall–Kier alpha value is -1.75. The summed E-state index contributed by atoms with van der Waals surface area (Å²) in [6.07, 6.45) is 10.5. The van der Waals surface area contributed by atoms with E-state index in [4.69, 9.17) is 9.47 Å². The summed E-state index contributed by atoms with van der Waals surface area (Å²) in [5.41, 5.74) is 1.93. The SMILES string of the molecule is CC(=O)OC(C)[C@H]1CC[C@H]2[C@@H]3CC[C@@H]4C[C@H](OC(C)=O)CC[C@]4(C)C3=C[C@H](Sc3ccccc3)[C@]12C. The first-order valence-corrected chi connectivity index (χ1v) is 14.8. The maximum absolute atomic E-state index is 11.9. The summed E-state index contributed by atoms with van der Waals surface area (Å²) < 4.78 is 11.5. The standard InChI is InChI=1S/C31H42O4S/c1-19(34-20(2)32)26-13-14-27-25-12-11-22-17-23(35-21(3)33)15-16-30(22,4)28(25)18-29(31(26,27)5)36-24-9-7-6-8-10-24/h6-10,18-19,22-23,25-27,29H,11-17H2,1-5H3/t19?,22-,23-,25+,26-,27+,29+,30+,31-/m1/s1. The van der Waals surface area contributed by atoms with Gasteiger partial charge in [-0.2, -0.15) is 0 Å². The molecule has 0 radical (unpaired) electrons. The minimum atomic E-state index is -0.175. The van der Waals surface area contributed by atoms with Gasteiger partial charge in [0.25, 0.3) is 0 Å². The first-order valence-electron chi connectivity index (χ1n) is 13.9. The quantitative estimate of drug-likeness (QED) is 0.309. The number of esters is 2. The molecule has 9 atom stereocenters. The Morgan fingerprint density at radius 3 is 2.44 bits per heavy atom. The van der Waals surface area contributed by atoms with Gasteiger partial charge in [-0.3, -0.25) is 9.59 Å². The van der Waals surface area contributed by atoms with E-state index < -0.39 is 0 Å². The zero-order valence-corrected chi connectivity index (χ0v) is 23.3. The number of hydrogen-bond acceptors (Lipinski definition) is 5. The molecule has 0 amide bonds. The van der Waals surface area contributed by atoms with Crippen LogP contribution in [0.5, 0.6) is 0 Å². The third-order valence-corrected chi connectivity index (χ3v) is 11.8.